The monoisotopic (exact) mass is 164 g/mol. The summed E-state index contributed by atoms with van der Waals surface area (Å²) in [7, 11) is 0. The van der Waals surface area contributed by atoms with Crippen molar-refractivity contribution < 1.29 is 5.11 Å². The summed E-state index contributed by atoms with van der Waals surface area (Å²) in [5.74, 6) is 10.9. The molecule has 0 saturated heterocycles. The van der Waals surface area contributed by atoms with Gasteiger partial charge in [0.1, 0.15) is 5.60 Å². The highest BCUT2D eigenvalue weighted by Gasteiger charge is 2.04. The minimum Gasteiger partial charge on any atom is -0.378 e. The molecule has 0 radical (unpaired) electrons. The second kappa shape index (κ2) is 5.70. The second-order valence-electron chi connectivity index (χ2n) is 3.21. The van der Waals surface area contributed by atoms with Crippen LogP contribution in [-0.4, -0.2) is 10.7 Å². The molecule has 12 heavy (non-hydrogen) atoms. The summed E-state index contributed by atoms with van der Waals surface area (Å²) < 4.78 is 0. The Morgan fingerprint density at radius 3 is 2.42 bits per heavy atom. The maximum Gasteiger partial charge on any atom is 0.120 e. The van der Waals surface area contributed by atoms with Crippen molar-refractivity contribution in [1.82, 2.24) is 0 Å². The maximum absolute atomic E-state index is 9.18. The molecule has 0 aromatic carbocycles. The smallest absolute Gasteiger partial charge is 0.120 e. The standard InChI is InChI=1S/C11H16O/c1-4-5-6-7-8-9-10-11(2,3)12/h12H,4-6H2,1-3H3. The fourth-order valence-electron chi connectivity index (χ4n) is 0.556. The zero-order valence-corrected chi connectivity index (χ0v) is 8.07. The quantitative estimate of drug-likeness (QED) is 0.488. The van der Waals surface area contributed by atoms with E-state index in [0.29, 0.717) is 0 Å². The highest BCUT2D eigenvalue weighted by molar-refractivity contribution is 5.28. The van der Waals surface area contributed by atoms with Crippen LogP contribution in [0.15, 0.2) is 0 Å². The van der Waals surface area contributed by atoms with E-state index in [1.165, 1.54) is 0 Å². The van der Waals surface area contributed by atoms with Crippen LogP contribution in [0, 0.1) is 23.7 Å². The summed E-state index contributed by atoms with van der Waals surface area (Å²) >= 11 is 0. The van der Waals surface area contributed by atoms with Gasteiger partial charge in [-0.25, -0.2) is 0 Å². The van der Waals surface area contributed by atoms with Crippen molar-refractivity contribution in [2.45, 2.75) is 45.6 Å². The van der Waals surface area contributed by atoms with E-state index in [1.807, 2.05) is 0 Å². The van der Waals surface area contributed by atoms with Gasteiger partial charge >= 0.3 is 0 Å². The molecule has 0 aliphatic heterocycles. The van der Waals surface area contributed by atoms with Gasteiger partial charge < -0.3 is 5.11 Å². The third-order valence-electron chi connectivity index (χ3n) is 1.17. The van der Waals surface area contributed by atoms with Gasteiger partial charge in [-0.3, -0.25) is 0 Å². The lowest BCUT2D eigenvalue weighted by Gasteiger charge is -2.04. The molecular weight excluding hydrogens is 148 g/mol. The zero-order chi connectivity index (χ0) is 9.45. The number of aliphatic hydroxyl groups is 1. The van der Waals surface area contributed by atoms with Crippen LogP contribution in [0.2, 0.25) is 0 Å². The third-order valence-corrected chi connectivity index (χ3v) is 1.17. The highest BCUT2D eigenvalue weighted by atomic mass is 16.3. The molecule has 0 aromatic heterocycles. The van der Waals surface area contributed by atoms with Gasteiger partial charge in [-0.15, -0.1) is 0 Å². The van der Waals surface area contributed by atoms with Gasteiger partial charge in [0.25, 0.3) is 0 Å². The third kappa shape index (κ3) is 9.08. The second-order valence-corrected chi connectivity index (χ2v) is 3.21. The van der Waals surface area contributed by atoms with Gasteiger partial charge in [0.15, 0.2) is 0 Å². The van der Waals surface area contributed by atoms with Crippen LogP contribution in [0.25, 0.3) is 0 Å². The Bertz CT molecular complexity index is 224. The Kier molecular flexibility index (Phi) is 5.26. The van der Waals surface area contributed by atoms with Gasteiger partial charge in [0, 0.05) is 6.42 Å². The lowest BCUT2D eigenvalue weighted by Crippen LogP contribution is -2.14. The molecule has 1 nitrogen and oxygen atoms in total. The van der Waals surface area contributed by atoms with Crippen LogP contribution < -0.4 is 0 Å². The van der Waals surface area contributed by atoms with E-state index in [2.05, 4.69) is 30.6 Å². The zero-order valence-electron chi connectivity index (χ0n) is 8.07. The minimum atomic E-state index is -0.917. The van der Waals surface area contributed by atoms with E-state index in [0.717, 1.165) is 19.3 Å². The number of hydrogen-bond acceptors (Lipinski definition) is 1. The Morgan fingerprint density at radius 1 is 1.25 bits per heavy atom. The number of hydrogen-bond donors (Lipinski definition) is 1. The van der Waals surface area contributed by atoms with E-state index < -0.39 is 5.60 Å². The van der Waals surface area contributed by atoms with E-state index in [9.17, 15) is 5.11 Å². The summed E-state index contributed by atoms with van der Waals surface area (Å²) in [4.78, 5) is 0. The van der Waals surface area contributed by atoms with E-state index in [4.69, 9.17) is 0 Å². The van der Waals surface area contributed by atoms with Crippen molar-refractivity contribution in [3.63, 3.8) is 0 Å². The van der Waals surface area contributed by atoms with Crippen LogP contribution in [0.1, 0.15) is 40.0 Å². The highest BCUT2D eigenvalue weighted by Crippen LogP contribution is 1.95. The first kappa shape index (κ1) is 11.1. The van der Waals surface area contributed by atoms with Crippen LogP contribution >= 0.6 is 0 Å². The molecule has 66 valence electrons. The number of unbranched alkanes of at least 4 members (excludes halogenated alkanes) is 2. The lowest BCUT2D eigenvalue weighted by atomic mass is 10.1. The van der Waals surface area contributed by atoms with Gasteiger partial charge in [0.2, 0.25) is 0 Å². The molecular formula is C11H16O. The molecule has 1 heteroatoms. The van der Waals surface area contributed by atoms with Crippen LogP contribution in [0.4, 0.5) is 0 Å². The lowest BCUT2D eigenvalue weighted by molar-refractivity contribution is 0.143. The largest absolute Gasteiger partial charge is 0.378 e. The molecule has 0 unspecified atom stereocenters. The van der Waals surface area contributed by atoms with Crippen molar-refractivity contribution in [1.29, 1.82) is 0 Å². The van der Waals surface area contributed by atoms with Crippen molar-refractivity contribution in [2.24, 2.45) is 0 Å². The van der Waals surface area contributed by atoms with Crippen molar-refractivity contribution in [2.75, 3.05) is 0 Å². The van der Waals surface area contributed by atoms with Crippen molar-refractivity contribution in [3.05, 3.63) is 0 Å². The molecule has 0 rings (SSSR count). The number of rotatable bonds is 2. The van der Waals surface area contributed by atoms with E-state index in [1.54, 1.807) is 13.8 Å². The molecule has 0 aliphatic rings. The Labute approximate surface area is 75.2 Å². The van der Waals surface area contributed by atoms with Crippen molar-refractivity contribution in [3.8, 4) is 23.7 Å². The molecule has 1 N–H and O–H groups in total. The van der Waals surface area contributed by atoms with E-state index >= 15 is 0 Å². The molecule has 0 fully saturated rings. The summed E-state index contributed by atoms with van der Waals surface area (Å²) in [5.41, 5.74) is -0.917. The molecule has 0 spiro atoms. The molecule has 0 aromatic rings. The van der Waals surface area contributed by atoms with Crippen LogP contribution in [-0.2, 0) is 0 Å². The molecule has 0 saturated carbocycles. The first-order valence-corrected chi connectivity index (χ1v) is 4.28. The van der Waals surface area contributed by atoms with Gasteiger partial charge in [-0.1, -0.05) is 25.2 Å². The maximum atomic E-state index is 9.18. The van der Waals surface area contributed by atoms with Gasteiger partial charge in [0.05, 0.1) is 0 Å². The molecule has 0 heterocycles. The molecule has 0 atom stereocenters. The predicted molar refractivity (Wildman–Crippen MR) is 51.4 cm³/mol. The molecule has 0 aliphatic carbocycles. The Morgan fingerprint density at radius 2 is 1.92 bits per heavy atom. The Balaban J connectivity index is 3.74. The van der Waals surface area contributed by atoms with Crippen LogP contribution in [0.5, 0.6) is 0 Å². The summed E-state index contributed by atoms with van der Waals surface area (Å²) in [6.45, 7) is 5.42. The van der Waals surface area contributed by atoms with E-state index in [-0.39, 0.29) is 0 Å². The average Bonchev–Trinajstić information content (AvgIpc) is 1.94. The van der Waals surface area contributed by atoms with Crippen LogP contribution in [0.3, 0.4) is 0 Å². The SMILES string of the molecule is CCCCC#CC#CC(C)(C)O. The topological polar surface area (TPSA) is 20.2 Å². The fraction of sp³-hybridized carbons (Fsp3) is 0.636. The van der Waals surface area contributed by atoms with Gasteiger partial charge in [-0.2, -0.15) is 0 Å². The van der Waals surface area contributed by atoms with Gasteiger partial charge in [-0.05, 0) is 32.1 Å². The minimum absolute atomic E-state index is 0.900. The average molecular weight is 164 g/mol. The summed E-state index contributed by atoms with van der Waals surface area (Å²) in [5, 5.41) is 9.18. The van der Waals surface area contributed by atoms with Crippen molar-refractivity contribution >= 4 is 0 Å². The Hall–Kier alpha value is -0.920. The first-order valence-electron chi connectivity index (χ1n) is 4.28. The predicted octanol–water partition coefficient (Wildman–Crippen LogP) is 1.95. The normalized spacial score (nSPS) is 9.33. The summed E-state index contributed by atoms with van der Waals surface area (Å²) in [6.07, 6.45) is 3.18. The summed E-state index contributed by atoms with van der Waals surface area (Å²) in [6, 6.07) is 0. The fourth-order valence-corrected chi connectivity index (χ4v) is 0.556. The first-order chi connectivity index (χ1) is 5.56. The molecule has 0 amide bonds. The molecule has 0 bridgehead atoms.